The molecule has 106 valence electrons. The molecule has 3 rings (SSSR count). The Morgan fingerprint density at radius 2 is 1.81 bits per heavy atom. The largest absolute Gasteiger partial charge is 0.384 e. The van der Waals surface area contributed by atoms with Gasteiger partial charge in [-0.1, -0.05) is 70.0 Å². The van der Waals surface area contributed by atoms with Crippen LogP contribution in [-0.4, -0.2) is 5.11 Å². The maximum absolute atomic E-state index is 10.9. The number of hydrogen-bond donors (Lipinski definition) is 1. The highest BCUT2D eigenvalue weighted by Gasteiger charge is 2.18. The van der Waals surface area contributed by atoms with Crippen molar-refractivity contribution in [3.8, 4) is 0 Å². The fourth-order valence-corrected chi connectivity index (χ4v) is 3.55. The highest BCUT2D eigenvalue weighted by atomic mass is 79.9. The molecule has 3 heteroatoms. The van der Waals surface area contributed by atoms with Gasteiger partial charge in [-0.05, 0) is 46.5 Å². The molecule has 0 aliphatic carbocycles. The van der Waals surface area contributed by atoms with Gasteiger partial charge in [-0.3, -0.25) is 0 Å². The van der Waals surface area contributed by atoms with Crippen LogP contribution in [0.3, 0.4) is 0 Å². The minimum atomic E-state index is -0.692. The number of aliphatic hydroxyl groups is 1. The first-order valence-corrected chi connectivity index (χ1v) is 7.86. The lowest BCUT2D eigenvalue weighted by Gasteiger charge is -2.18. The highest BCUT2D eigenvalue weighted by Crippen LogP contribution is 2.35. The average Bonchev–Trinajstić information content (AvgIpc) is 2.46. The van der Waals surface area contributed by atoms with E-state index in [1.54, 1.807) is 12.1 Å². The average molecular weight is 362 g/mol. The van der Waals surface area contributed by atoms with Crippen LogP contribution in [0.2, 0.25) is 5.02 Å². The van der Waals surface area contributed by atoms with E-state index >= 15 is 0 Å². The van der Waals surface area contributed by atoms with Gasteiger partial charge in [0.15, 0.2) is 0 Å². The molecule has 1 unspecified atom stereocenters. The van der Waals surface area contributed by atoms with E-state index in [9.17, 15) is 5.11 Å². The fourth-order valence-electron chi connectivity index (χ4n) is 2.65. The molecule has 0 fully saturated rings. The molecule has 0 spiro atoms. The molecule has 0 radical (unpaired) electrons. The third-order valence-electron chi connectivity index (χ3n) is 3.72. The smallest absolute Gasteiger partial charge is 0.106 e. The molecule has 1 nitrogen and oxygen atoms in total. The number of aryl methyl sites for hydroxylation is 1. The van der Waals surface area contributed by atoms with E-state index < -0.39 is 6.10 Å². The Bertz CT molecular complexity index is 813. The first-order chi connectivity index (χ1) is 10.1. The Morgan fingerprint density at radius 1 is 1.05 bits per heavy atom. The predicted molar refractivity (Wildman–Crippen MR) is 91.9 cm³/mol. The summed E-state index contributed by atoms with van der Waals surface area (Å²) in [6, 6.07) is 17.7. The number of halogens is 2. The molecule has 0 bridgehead atoms. The Hall–Kier alpha value is -1.35. The summed E-state index contributed by atoms with van der Waals surface area (Å²) in [6.45, 7) is 2.02. The molecule has 0 amide bonds. The fraction of sp³-hybridized carbons (Fsp3) is 0.111. The molecular formula is C18H14BrClO. The summed E-state index contributed by atoms with van der Waals surface area (Å²) in [5, 5.41) is 13.7. The van der Waals surface area contributed by atoms with Gasteiger partial charge in [-0.2, -0.15) is 0 Å². The first kappa shape index (κ1) is 14.6. The van der Waals surface area contributed by atoms with E-state index in [1.807, 2.05) is 37.3 Å². The molecule has 1 atom stereocenters. The second-order valence-corrected chi connectivity index (χ2v) is 6.38. The van der Waals surface area contributed by atoms with Crippen LogP contribution < -0.4 is 0 Å². The summed E-state index contributed by atoms with van der Waals surface area (Å²) < 4.78 is 0.815. The monoisotopic (exact) mass is 360 g/mol. The van der Waals surface area contributed by atoms with E-state index in [2.05, 4.69) is 28.1 Å². The molecule has 0 aromatic heterocycles. The van der Waals surface area contributed by atoms with Crippen LogP contribution in [0.15, 0.2) is 59.1 Å². The number of fused-ring (bicyclic) bond motifs is 1. The first-order valence-electron chi connectivity index (χ1n) is 6.69. The van der Waals surface area contributed by atoms with Crippen molar-refractivity contribution in [2.45, 2.75) is 13.0 Å². The third-order valence-corrected chi connectivity index (χ3v) is 4.64. The van der Waals surface area contributed by atoms with Crippen LogP contribution in [0.1, 0.15) is 22.8 Å². The van der Waals surface area contributed by atoms with Crippen molar-refractivity contribution >= 4 is 38.3 Å². The summed E-state index contributed by atoms with van der Waals surface area (Å²) in [4.78, 5) is 0. The summed E-state index contributed by atoms with van der Waals surface area (Å²) in [7, 11) is 0. The summed E-state index contributed by atoms with van der Waals surface area (Å²) in [6.07, 6.45) is -0.692. The quantitative estimate of drug-likeness (QED) is 0.625. The van der Waals surface area contributed by atoms with Crippen LogP contribution >= 0.6 is 27.5 Å². The van der Waals surface area contributed by atoms with Crippen molar-refractivity contribution in [1.29, 1.82) is 0 Å². The summed E-state index contributed by atoms with van der Waals surface area (Å²) in [5.41, 5.74) is 2.83. The summed E-state index contributed by atoms with van der Waals surface area (Å²) in [5.74, 6) is 0. The number of hydrogen-bond acceptors (Lipinski definition) is 1. The standard InChI is InChI=1S/C18H14BrClO/c1-11-6-7-12-4-2-3-5-14(12)17(11)18(21)15-9-8-13(20)10-16(15)19/h2-10,18,21H,1H3. The van der Waals surface area contributed by atoms with Crippen LogP contribution in [0.4, 0.5) is 0 Å². The Morgan fingerprint density at radius 3 is 2.57 bits per heavy atom. The Labute approximate surface area is 137 Å². The normalized spacial score (nSPS) is 12.6. The van der Waals surface area contributed by atoms with Gasteiger partial charge in [0.2, 0.25) is 0 Å². The Kier molecular flexibility index (Phi) is 4.03. The van der Waals surface area contributed by atoms with Gasteiger partial charge < -0.3 is 5.11 Å². The van der Waals surface area contributed by atoms with Crippen LogP contribution in [0, 0.1) is 6.92 Å². The van der Waals surface area contributed by atoms with E-state index in [0.29, 0.717) is 5.02 Å². The van der Waals surface area contributed by atoms with Gasteiger partial charge in [0.25, 0.3) is 0 Å². The van der Waals surface area contributed by atoms with E-state index in [4.69, 9.17) is 11.6 Å². The molecule has 21 heavy (non-hydrogen) atoms. The van der Waals surface area contributed by atoms with Crippen molar-refractivity contribution in [3.63, 3.8) is 0 Å². The zero-order valence-corrected chi connectivity index (χ0v) is 13.8. The molecule has 3 aromatic carbocycles. The van der Waals surface area contributed by atoms with E-state index in [1.165, 1.54) is 0 Å². The van der Waals surface area contributed by atoms with Gasteiger partial charge in [0.1, 0.15) is 6.10 Å². The lowest BCUT2D eigenvalue weighted by Crippen LogP contribution is -2.04. The van der Waals surface area contributed by atoms with Gasteiger partial charge in [0.05, 0.1) is 0 Å². The zero-order chi connectivity index (χ0) is 15.0. The van der Waals surface area contributed by atoms with Crippen LogP contribution in [0.25, 0.3) is 10.8 Å². The predicted octanol–water partition coefficient (Wildman–Crippen LogP) is 5.65. The minimum absolute atomic E-state index is 0.646. The van der Waals surface area contributed by atoms with Gasteiger partial charge in [-0.15, -0.1) is 0 Å². The molecule has 0 aliphatic rings. The highest BCUT2D eigenvalue weighted by molar-refractivity contribution is 9.10. The van der Waals surface area contributed by atoms with Crippen molar-refractivity contribution < 1.29 is 5.11 Å². The van der Waals surface area contributed by atoms with Crippen molar-refractivity contribution in [1.82, 2.24) is 0 Å². The molecular weight excluding hydrogens is 348 g/mol. The topological polar surface area (TPSA) is 20.2 Å². The number of rotatable bonds is 2. The molecule has 0 saturated carbocycles. The van der Waals surface area contributed by atoms with Crippen LogP contribution in [-0.2, 0) is 0 Å². The van der Waals surface area contributed by atoms with Gasteiger partial charge in [0, 0.05) is 9.50 Å². The van der Waals surface area contributed by atoms with Crippen molar-refractivity contribution in [3.05, 3.63) is 80.8 Å². The molecule has 1 N–H and O–H groups in total. The van der Waals surface area contributed by atoms with Gasteiger partial charge in [-0.25, -0.2) is 0 Å². The van der Waals surface area contributed by atoms with Gasteiger partial charge >= 0.3 is 0 Å². The Balaban J connectivity index is 2.21. The van der Waals surface area contributed by atoms with E-state index in [-0.39, 0.29) is 0 Å². The minimum Gasteiger partial charge on any atom is -0.384 e. The molecule has 0 aliphatic heterocycles. The number of aliphatic hydroxyl groups excluding tert-OH is 1. The van der Waals surface area contributed by atoms with Crippen molar-refractivity contribution in [2.75, 3.05) is 0 Å². The second kappa shape index (κ2) is 5.80. The maximum atomic E-state index is 10.9. The lowest BCUT2D eigenvalue weighted by atomic mass is 9.92. The zero-order valence-electron chi connectivity index (χ0n) is 11.5. The van der Waals surface area contributed by atoms with E-state index in [0.717, 1.165) is 31.9 Å². The SMILES string of the molecule is Cc1ccc2ccccc2c1C(O)c1ccc(Cl)cc1Br. The second-order valence-electron chi connectivity index (χ2n) is 5.09. The lowest BCUT2D eigenvalue weighted by molar-refractivity contribution is 0.220. The molecule has 0 heterocycles. The van der Waals surface area contributed by atoms with Crippen molar-refractivity contribution in [2.24, 2.45) is 0 Å². The number of benzene rings is 3. The maximum Gasteiger partial charge on any atom is 0.106 e. The summed E-state index contributed by atoms with van der Waals surface area (Å²) >= 11 is 9.47. The molecule has 3 aromatic rings. The van der Waals surface area contributed by atoms with Crippen LogP contribution in [0.5, 0.6) is 0 Å². The third kappa shape index (κ3) is 2.71. The molecule has 0 saturated heterocycles.